The zero-order valence-corrected chi connectivity index (χ0v) is 15.5. The van der Waals surface area contributed by atoms with Crippen molar-refractivity contribution >= 4 is 34.5 Å². The maximum Gasteiger partial charge on any atom is 0.261 e. The van der Waals surface area contributed by atoms with E-state index in [0.29, 0.717) is 18.2 Å². The molecule has 2 aromatic carbocycles. The monoisotopic (exact) mass is 379 g/mol. The Labute approximate surface area is 162 Å². The van der Waals surface area contributed by atoms with Crippen molar-refractivity contribution in [3.05, 3.63) is 70.9 Å². The maximum atomic E-state index is 11.8. The molecule has 3 aromatic rings. The summed E-state index contributed by atoms with van der Waals surface area (Å²) in [5.74, 6) is 0.350. The number of hydrogen-bond acceptors (Lipinski definition) is 3. The number of halogens is 1. The number of carbonyl (C=O) groups excluding carboxylic acids is 1. The highest BCUT2D eigenvalue weighted by atomic mass is 35.5. The van der Waals surface area contributed by atoms with Crippen molar-refractivity contribution in [1.29, 1.82) is 5.26 Å². The first-order valence-electron chi connectivity index (χ1n) is 8.42. The molecule has 0 aliphatic rings. The summed E-state index contributed by atoms with van der Waals surface area (Å²) in [4.78, 5) is 11.8. The third-order valence-electron chi connectivity index (χ3n) is 4.13. The highest BCUT2D eigenvalue weighted by Gasteiger charge is 2.11. The van der Waals surface area contributed by atoms with E-state index in [-0.39, 0.29) is 5.57 Å². The molecular formula is C21H18ClN3O2. The minimum atomic E-state index is -0.402. The second-order valence-corrected chi connectivity index (χ2v) is 6.28. The number of nitrogens with zero attached hydrogens (tertiary/aromatic N) is 2. The maximum absolute atomic E-state index is 11.8. The summed E-state index contributed by atoms with van der Waals surface area (Å²) in [7, 11) is 1.50. The molecule has 0 aliphatic heterocycles. The molecule has 1 aromatic heterocycles. The molecule has 0 atom stereocenters. The predicted molar refractivity (Wildman–Crippen MR) is 107 cm³/mol. The number of para-hydroxylation sites is 1. The van der Waals surface area contributed by atoms with Gasteiger partial charge in [0.15, 0.2) is 0 Å². The summed E-state index contributed by atoms with van der Waals surface area (Å²) in [5, 5.41) is 13.4. The minimum absolute atomic E-state index is 0.0674. The number of rotatable bonds is 6. The van der Waals surface area contributed by atoms with Gasteiger partial charge < -0.3 is 14.6 Å². The molecule has 1 N–H and O–H groups in total. The Morgan fingerprint density at radius 2 is 2.00 bits per heavy atom. The van der Waals surface area contributed by atoms with Gasteiger partial charge in [-0.05, 0) is 36.4 Å². The molecule has 1 heterocycles. The number of aromatic nitrogens is 1. The molecule has 0 unspecified atom stereocenters. The fraction of sp³-hybridized carbons (Fsp3) is 0.143. The Kier molecular flexibility index (Phi) is 5.80. The summed E-state index contributed by atoms with van der Waals surface area (Å²) in [5.41, 5.74) is 1.90. The molecule has 27 heavy (non-hydrogen) atoms. The van der Waals surface area contributed by atoms with Crippen molar-refractivity contribution in [3.63, 3.8) is 0 Å². The molecule has 0 bridgehead atoms. The summed E-state index contributed by atoms with van der Waals surface area (Å²) in [6.45, 7) is 1.10. The van der Waals surface area contributed by atoms with Crippen molar-refractivity contribution < 1.29 is 9.53 Å². The number of benzene rings is 2. The van der Waals surface area contributed by atoms with Gasteiger partial charge in [0.05, 0.1) is 6.54 Å². The van der Waals surface area contributed by atoms with Gasteiger partial charge in [-0.3, -0.25) is 4.79 Å². The summed E-state index contributed by atoms with van der Waals surface area (Å²) >= 11 is 5.88. The highest BCUT2D eigenvalue weighted by molar-refractivity contribution is 6.30. The zero-order chi connectivity index (χ0) is 19.2. The lowest BCUT2D eigenvalue weighted by Crippen LogP contribution is -2.19. The van der Waals surface area contributed by atoms with Crippen LogP contribution in [0.15, 0.2) is 60.3 Å². The number of amides is 1. The van der Waals surface area contributed by atoms with Gasteiger partial charge in [-0.2, -0.15) is 5.26 Å². The van der Waals surface area contributed by atoms with Gasteiger partial charge in [-0.15, -0.1) is 0 Å². The van der Waals surface area contributed by atoms with E-state index in [4.69, 9.17) is 16.3 Å². The second kappa shape index (κ2) is 8.43. The van der Waals surface area contributed by atoms with E-state index >= 15 is 0 Å². The van der Waals surface area contributed by atoms with Gasteiger partial charge in [-0.25, -0.2) is 0 Å². The van der Waals surface area contributed by atoms with Gasteiger partial charge in [0.1, 0.15) is 24.0 Å². The Balaban J connectivity index is 1.84. The third kappa shape index (κ3) is 4.30. The van der Waals surface area contributed by atoms with Crippen LogP contribution in [0.5, 0.6) is 5.75 Å². The first kappa shape index (κ1) is 18.6. The number of carbonyl (C=O) groups is 1. The van der Waals surface area contributed by atoms with Gasteiger partial charge >= 0.3 is 0 Å². The number of ether oxygens (including phenoxy) is 1. The van der Waals surface area contributed by atoms with Crippen LogP contribution >= 0.6 is 11.6 Å². The third-order valence-corrected chi connectivity index (χ3v) is 4.38. The first-order chi connectivity index (χ1) is 13.1. The average Bonchev–Trinajstić information content (AvgIpc) is 3.05. The van der Waals surface area contributed by atoms with Crippen LogP contribution in [-0.2, 0) is 11.3 Å². The van der Waals surface area contributed by atoms with Crippen LogP contribution in [0.2, 0.25) is 5.02 Å². The number of nitriles is 1. The fourth-order valence-corrected chi connectivity index (χ4v) is 2.93. The minimum Gasteiger partial charge on any atom is -0.492 e. The molecule has 1 amide bonds. The fourth-order valence-electron chi connectivity index (χ4n) is 2.81. The van der Waals surface area contributed by atoms with Crippen LogP contribution in [0.25, 0.3) is 17.0 Å². The lowest BCUT2D eigenvalue weighted by atomic mass is 10.1. The molecule has 5 nitrogen and oxygen atoms in total. The van der Waals surface area contributed by atoms with Crippen LogP contribution < -0.4 is 10.1 Å². The van der Waals surface area contributed by atoms with Crippen LogP contribution in [0, 0.1) is 11.3 Å². The summed E-state index contributed by atoms with van der Waals surface area (Å²) < 4.78 is 7.82. The molecule has 0 fully saturated rings. The van der Waals surface area contributed by atoms with E-state index in [2.05, 4.69) is 9.88 Å². The van der Waals surface area contributed by atoms with E-state index < -0.39 is 5.91 Å². The van der Waals surface area contributed by atoms with E-state index in [0.717, 1.165) is 22.2 Å². The molecule has 0 aliphatic carbocycles. The quantitative estimate of drug-likeness (QED) is 0.519. The topological polar surface area (TPSA) is 67.0 Å². The number of fused-ring (bicyclic) bond motifs is 1. The van der Waals surface area contributed by atoms with E-state index in [9.17, 15) is 10.1 Å². The molecule has 0 radical (unpaired) electrons. The highest BCUT2D eigenvalue weighted by Crippen LogP contribution is 2.24. The molecule has 0 saturated carbocycles. The van der Waals surface area contributed by atoms with Crippen molar-refractivity contribution in [1.82, 2.24) is 9.88 Å². The zero-order valence-electron chi connectivity index (χ0n) is 14.8. The van der Waals surface area contributed by atoms with Crippen molar-refractivity contribution in [2.24, 2.45) is 0 Å². The van der Waals surface area contributed by atoms with Gasteiger partial charge in [0.25, 0.3) is 5.91 Å². The summed E-state index contributed by atoms with van der Waals surface area (Å²) in [6.07, 6.45) is 3.54. The normalized spacial score (nSPS) is 11.2. The number of hydrogen-bond donors (Lipinski definition) is 1. The lowest BCUT2D eigenvalue weighted by molar-refractivity contribution is -0.116. The van der Waals surface area contributed by atoms with Crippen LogP contribution in [-0.4, -0.2) is 24.1 Å². The molecule has 0 saturated heterocycles. The molecule has 0 spiro atoms. The second-order valence-electron chi connectivity index (χ2n) is 5.85. The SMILES string of the molecule is CNC(=O)/C(C#N)=C/c1cn(CCOc2ccc(Cl)cc2)c2ccccc12. The van der Waals surface area contributed by atoms with Crippen LogP contribution in [0.4, 0.5) is 0 Å². The molecular weight excluding hydrogens is 362 g/mol. The number of nitrogens with one attached hydrogen (secondary N) is 1. The van der Waals surface area contributed by atoms with Gasteiger partial charge in [-0.1, -0.05) is 29.8 Å². The van der Waals surface area contributed by atoms with E-state index in [1.807, 2.05) is 48.7 Å². The average molecular weight is 380 g/mol. The largest absolute Gasteiger partial charge is 0.492 e. The Hall–Kier alpha value is -3.23. The van der Waals surface area contributed by atoms with E-state index in [1.54, 1.807) is 18.2 Å². The van der Waals surface area contributed by atoms with Gasteiger partial charge in [0.2, 0.25) is 0 Å². The van der Waals surface area contributed by atoms with Gasteiger partial charge in [0, 0.05) is 34.7 Å². The van der Waals surface area contributed by atoms with Crippen molar-refractivity contribution in [2.75, 3.05) is 13.7 Å². The Morgan fingerprint density at radius 3 is 2.70 bits per heavy atom. The molecule has 6 heteroatoms. The number of likely N-dealkylation sites (N-methyl/N-ethyl adjacent to an activating group) is 1. The van der Waals surface area contributed by atoms with Crippen molar-refractivity contribution in [2.45, 2.75) is 6.54 Å². The lowest BCUT2D eigenvalue weighted by Gasteiger charge is -2.08. The van der Waals surface area contributed by atoms with Crippen molar-refractivity contribution in [3.8, 4) is 11.8 Å². The predicted octanol–water partition coefficient (Wildman–Crippen LogP) is 4.03. The summed E-state index contributed by atoms with van der Waals surface area (Å²) in [6, 6.07) is 17.0. The Bertz CT molecular complexity index is 1030. The van der Waals surface area contributed by atoms with E-state index in [1.165, 1.54) is 7.05 Å². The Morgan fingerprint density at radius 1 is 1.26 bits per heavy atom. The smallest absolute Gasteiger partial charge is 0.261 e. The molecule has 136 valence electrons. The first-order valence-corrected chi connectivity index (χ1v) is 8.80. The standard InChI is InChI=1S/C21H18ClN3O2/c1-24-21(26)15(13-23)12-16-14-25(20-5-3-2-4-19(16)20)10-11-27-18-8-6-17(22)7-9-18/h2-9,12,14H,10-11H2,1H3,(H,24,26)/b15-12+. The van der Waals surface area contributed by atoms with Crippen LogP contribution in [0.3, 0.4) is 0 Å². The van der Waals surface area contributed by atoms with Crippen LogP contribution in [0.1, 0.15) is 5.56 Å². The molecule has 3 rings (SSSR count).